The van der Waals surface area contributed by atoms with Gasteiger partial charge in [-0.05, 0) is 23.4 Å². The van der Waals surface area contributed by atoms with E-state index in [1.807, 2.05) is 11.5 Å². The Labute approximate surface area is 41.3 Å². The molecule has 1 aliphatic heterocycles. The highest BCUT2D eigenvalue weighted by Crippen LogP contribution is 2.08. The minimum atomic E-state index is 0.986. The van der Waals surface area contributed by atoms with Crippen LogP contribution in [-0.4, -0.2) is 0 Å². The molecule has 0 atom stereocenters. The van der Waals surface area contributed by atoms with Crippen molar-refractivity contribution >= 4 is 11.9 Å². The van der Waals surface area contributed by atoms with E-state index in [4.69, 9.17) is 0 Å². The van der Waals surface area contributed by atoms with Crippen LogP contribution < -0.4 is 4.72 Å². The van der Waals surface area contributed by atoms with Gasteiger partial charge in [0.25, 0.3) is 0 Å². The fourth-order valence-electron chi connectivity index (χ4n) is 0.260. The van der Waals surface area contributed by atoms with Crippen molar-refractivity contribution in [3.63, 3.8) is 0 Å². The van der Waals surface area contributed by atoms with Gasteiger partial charge in [0.2, 0.25) is 0 Å². The molecule has 0 saturated heterocycles. The molecule has 2 heteroatoms. The average molecular weight is 99.2 g/mol. The van der Waals surface area contributed by atoms with E-state index in [9.17, 15) is 0 Å². The van der Waals surface area contributed by atoms with Crippen LogP contribution in [0.15, 0.2) is 23.8 Å². The SMILES string of the molecule is C=C1C=CSN1. The van der Waals surface area contributed by atoms with E-state index in [2.05, 4.69) is 11.3 Å². The topological polar surface area (TPSA) is 12.0 Å². The normalized spacial score (nSPS) is 18.3. The van der Waals surface area contributed by atoms with Crippen LogP contribution in [0.1, 0.15) is 0 Å². The third kappa shape index (κ3) is 0.571. The molecule has 0 saturated carbocycles. The van der Waals surface area contributed by atoms with Crippen LogP contribution in [0.2, 0.25) is 0 Å². The zero-order chi connectivity index (χ0) is 4.41. The van der Waals surface area contributed by atoms with Crippen molar-refractivity contribution in [2.45, 2.75) is 0 Å². The summed E-state index contributed by atoms with van der Waals surface area (Å²) in [6.07, 6.45) is 1.94. The highest BCUT2D eigenvalue weighted by molar-refractivity contribution is 8.00. The molecule has 1 aliphatic rings. The maximum absolute atomic E-state index is 3.64. The number of hydrogen-bond acceptors (Lipinski definition) is 2. The number of hydrogen-bond donors (Lipinski definition) is 1. The molecule has 0 aromatic heterocycles. The molecule has 0 aromatic rings. The number of allylic oxidation sites excluding steroid dienone is 1. The van der Waals surface area contributed by atoms with Crippen molar-refractivity contribution in [3.05, 3.63) is 23.8 Å². The van der Waals surface area contributed by atoms with Gasteiger partial charge < -0.3 is 4.72 Å². The average Bonchev–Trinajstić information content (AvgIpc) is 1.86. The van der Waals surface area contributed by atoms with Crippen molar-refractivity contribution in [1.82, 2.24) is 4.72 Å². The van der Waals surface area contributed by atoms with E-state index >= 15 is 0 Å². The summed E-state index contributed by atoms with van der Waals surface area (Å²) in [5, 5.41) is 1.96. The van der Waals surface area contributed by atoms with Crippen LogP contribution in [-0.2, 0) is 0 Å². The van der Waals surface area contributed by atoms with E-state index in [-0.39, 0.29) is 0 Å². The molecule has 1 rings (SSSR count). The van der Waals surface area contributed by atoms with Gasteiger partial charge in [0.1, 0.15) is 0 Å². The van der Waals surface area contributed by atoms with E-state index in [1.54, 1.807) is 11.9 Å². The smallest absolute Gasteiger partial charge is 0.0376 e. The van der Waals surface area contributed by atoms with E-state index in [0.29, 0.717) is 0 Å². The summed E-state index contributed by atoms with van der Waals surface area (Å²) >= 11 is 1.55. The Morgan fingerprint density at radius 3 is 2.83 bits per heavy atom. The van der Waals surface area contributed by atoms with Crippen LogP contribution in [0, 0.1) is 0 Å². The van der Waals surface area contributed by atoms with Gasteiger partial charge >= 0.3 is 0 Å². The molecule has 1 nitrogen and oxygen atoms in total. The van der Waals surface area contributed by atoms with Gasteiger partial charge in [-0.1, -0.05) is 6.58 Å². The van der Waals surface area contributed by atoms with Gasteiger partial charge in [-0.3, -0.25) is 0 Å². The first-order valence-corrected chi connectivity index (χ1v) is 2.55. The van der Waals surface area contributed by atoms with Gasteiger partial charge in [0.15, 0.2) is 0 Å². The molecule has 0 radical (unpaired) electrons. The molecule has 0 fully saturated rings. The second kappa shape index (κ2) is 1.39. The minimum absolute atomic E-state index is 0.986. The predicted octanol–water partition coefficient (Wildman–Crippen LogP) is 1.27. The summed E-state index contributed by atoms with van der Waals surface area (Å²) in [5.41, 5.74) is 0.986. The van der Waals surface area contributed by atoms with Gasteiger partial charge in [0, 0.05) is 5.70 Å². The Bertz CT molecular complexity index is 95.7. The molecule has 0 aliphatic carbocycles. The van der Waals surface area contributed by atoms with Crippen LogP contribution in [0.4, 0.5) is 0 Å². The first kappa shape index (κ1) is 3.81. The van der Waals surface area contributed by atoms with Crippen LogP contribution >= 0.6 is 11.9 Å². The lowest BCUT2D eigenvalue weighted by atomic mass is 10.5. The minimum Gasteiger partial charge on any atom is -0.327 e. The molecule has 0 unspecified atom stereocenters. The van der Waals surface area contributed by atoms with E-state index in [0.717, 1.165) is 5.70 Å². The third-order valence-electron chi connectivity index (χ3n) is 0.527. The Morgan fingerprint density at radius 2 is 2.67 bits per heavy atom. The molecule has 0 aromatic carbocycles. The van der Waals surface area contributed by atoms with E-state index in [1.165, 1.54) is 0 Å². The standard InChI is InChI=1S/C4H5NS/c1-4-2-3-6-5-4/h2-3,5H,1H2. The maximum atomic E-state index is 3.64. The number of nitrogens with one attached hydrogen (secondary N) is 1. The Morgan fingerprint density at radius 1 is 1.83 bits per heavy atom. The predicted molar refractivity (Wildman–Crippen MR) is 29.0 cm³/mol. The molecule has 0 amide bonds. The number of rotatable bonds is 0. The largest absolute Gasteiger partial charge is 0.327 e. The molecular weight excluding hydrogens is 94.1 g/mol. The van der Waals surface area contributed by atoms with Crippen molar-refractivity contribution in [2.75, 3.05) is 0 Å². The van der Waals surface area contributed by atoms with Crippen molar-refractivity contribution in [2.24, 2.45) is 0 Å². The fraction of sp³-hybridized carbons (Fsp3) is 0. The Hall–Kier alpha value is -0.370. The van der Waals surface area contributed by atoms with Gasteiger partial charge in [-0.2, -0.15) is 0 Å². The van der Waals surface area contributed by atoms with Crippen molar-refractivity contribution in [3.8, 4) is 0 Å². The highest BCUT2D eigenvalue weighted by atomic mass is 32.2. The lowest BCUT2D eigenvalue weighted by Crippen LogP contribution is -1.88. The lowest BCUT2D eigenvalue weighted by Gasteiger charge is -1.85. The molecular formula is C4H5NS. The summed E-state index contributed by atoms with van der Waals surface area (Å²) < 4.78 is 2.93. The first-order valence-electron chi connectivity index (χ1n) is 1.67. The summed E-state index contributed by atoms with van der Waals surface area (Å²) in [7, 11) is 0. The summed E-state index contributed by atoms with van der Waals surface area (Å²) in [4.78, 5) is 0. The van der Waals surface area contributed by atoms with E-state index < -0.39 is 0 Å². The molecule has 32 valence electrons. The van der Waals surface area contributed by atoms with Gasteiger partial charge in [-0.15, -0.1) is 0 Å². The van der Waals surface area contributed by atoms with Crippen LogP contribution in [0.25, 0.3) is 0 Å². The maximum Gasteiger partial charge on any atom is 0.0376 e. The quantitative estimate of drug-likeness (QED) is 0.459. The zero-order valence-corrected chi connectivity index (χ0v) is 4.09. The highest BCUT2D eigenvalue weighted by Gasteiger charge is 1.89. The zero-order valence-electron chi connectivity index (χ0n) is 3.27. The molecule has 6 heavy (non-hydrogen) atoms. The van der Waals surface area contributed by atoms with Crippen LogP contribution in [0.3, 0.4) is 0 Å². The monoisotopic (exact) mass is 99.0 g/mol. The van der Waals surface area contributed by atoms with Crippen molar-refractivity contribution < 1.29 is 0 Å². The summed E-state index contributed by atoms with van der Waals surface area (Å²) in [6, 6.07) is 0. The Kier molecular flexibility index (Phi) is 0.881. The second-order valence-electron chi connectivity index (χ2n) is 1.05. The summed E-state index contributed by atoms with van der Waals surface area (Å²) in [6.45, 7) is 3.64. The first-order chi connectivity index (χ1) is 2.89. The third-order valence-corrected chi connectivity index (χ3v) is 1.18. The van der Waals surface area contributed by atoms with Crippen LogP contribution in [0.5, 0.6) is 0 Å². The van der Waals surface area contributed by atoms with Gasteiger partial charge in [-0.25, -0.2) is 0 Å². The van der Waals surface area contributed by atoms with Gasteiger partial charge in [0.05, 0.1) is 0 Å². The molecule has 0 bridgehead atoms. The molecule has 1 heterocycles. The molecule has 1 N–H and O–H groups in total. The Balaban J connectivity index is 2.59. The second-order valence-corrected chi connectivity index (χ2v) is 1.76. The lowest BCUT2D eigenvalue weighted by molar-refractivity contribution is 1.34. The fourth-order valence-corrected chi connectivity index (χ4v) is 0.780. The summed E-state index contributed by atoms with van der Waals surface area (Å²) in [5.74, 6) is 0. The van der Waals surface area contributed by atoms with Crippen molar-refractivity contribution in [1.29, 1.82) is 0 Å². The molecule has 0 spiro atoms.